The first-order valence-electron chi connectivity index (χ1n) is 7.13. The van der Waals surface area contributed by atoms with Gasteiger partial charge in [-0.1, -0.05) is 29.8 Å². The number of nitrogens with one attached hydrogen (secondary N) is 1. The molecule has 2 aromatic rings. The van der Waals surface area contributed by atoms with Gasteiger partial charge in [0.05, 0.1) is 6.26 Å². The van der Waals surface area contributed by atoms with E-state index in [0.29, 0.717) is 12.1 Å². The van der Waals surface area contributed by atoms with E-state index in [9.17, 15) is 0 Å². The lowest BCUT2D eigenvalue weighted by atomic mass is 9.92. The van der Waals surface area contributed by atoms with Gasteiger partial charge in [0.15, 0.2) is 0 Å². The summed E-state index contributed by atoms with van der Waals surface area (Å²) in [6, 6.07) is 11.6. The number of hydrogen-bond donors (Lipinski definition) is 1. The van der Waals surface area contributed by atoms with Gasteiger partial charge in [-0.15, -0.1) is 0 Å². The highest BCUT2D eigenvalue weighted by atomic mass is 16.3. The summed E-state index contributed by atoms with van der Waals surface area (Å²) >= 11 is 0. The molecule has 0 fully saturated rings. The minimum absolute atomic E-state index is 0.366. The maximum Gasteiger partial charge on any atom is 0.108 e. The van der Waals surface area contributed by atoms with Crippen LogP contribution in [0.25, 0.3) is 0 Å². The normalized spacial score (nSPS) is 20.0. The first-order valence-corrected chi connectivity index (χ1v) is 7.13. The third-order valence-corrected chi connectivity index (χ3v) is 4.05. The van der Waals surface area contributed by atoms with Gasteiger partial charge >= 0.3 is 0 Å². The van der Waals surface area contributed by atoms with Crippen molar-refractivity contribution < 1.29 is 4.42 Å². The molecule has 3 rings (SSSR count). The standard InChI is InChI=1S/C17H21NO/c1-12-5-3-6-14(11-12)13(2)18-16-7-4-8-17-15(16)9-10-19-17/h3,5-6,9-11,13,16,18H,4,7-8H2,1-2H3/t13-,16?/m0/s1. The average Bonchev–Trinajstić information content (AvgIpc) is 2.88. The van der Waals surface area contributed by atoms with Crippen LogP contribution >= 0.6 is 0 Å². The van der Waals surface area contributed by atoms with Crippen LogP contribution in [0.15, 0.2) is 41.0 Å². The van der Waals surface area contributed by atoms with Gasteiger partial charge in [0.25, 0.3) is 0 Å². The number of aryl methyl sites for hydroxylation is 2. The molecule has 1 heterocycles. The molecule has 2 nitrogen and oxygen atoms in total. The van der Waals surface area contributed by atoms with Gasteiger partial charge in [0.1, 0.15) is 5.76 Å². The van der Waals surface area contributed by atoms with Gasteiger partial charge in [-0.3, -0.25) is 0 Å². The summed E-state index contributed by atoms with van der Waals surface area (Å²) in [5.41, 5.74) is 4.03. The summed E-state index contributed by atoms with van der Waals surface area (Å²) < 4.78 is 5.55. The van der Waals surface area contributed by atoms with Crippen LogP contribution in [0, 0.1) is 6.92 Å². The quantitative estimate of drug-likeness (QED) is 0.883. The molecule has 0 saturated carbocycles. The van der Waals surface area contributed by atoms with Crippen LogP contribution in [0.5, 0.6) is 0 Å². The lowest BCUT2D eigenvalue weighted by molar-refractivity contribution is 0.385. The average molecular weight is 255 g/mol. The van der Waals surface area contributed by atoms with Crippen LogP contribution in [-0.4, -0.2) is 0 Å². The molecule has 2 atom stereocenters. The van der Waals surface area contributed by atoms with E-state index in [1.165, 1.54) is 35.3 Å². The van der Waals surface area contributed by atoms with E-state index in [0.717, 1.165) is 6.42 Å². The molecule has 0 aliphatic heterocycles. The molecule has 1 aromatic heterocycles. The Kier molecular flexibility index (Phi) is 3.43. The highest BCUT2D eigenvalue weighted by molar-refractivity contribution is 5.27. The molecule has 100 valence electrons. The third-order valence-electron chi connectivity index (χ3n) is 4.05. The van der Waals surface area contributed by atoms with Crippen LogP contribution in [0.1, 0.15) is 54.3 Å². The first-order chi connectivity index (χ1) is 9.24. The van der Waals surface area contributed by atoms with Gasteiger partial charge in [0, 0.05) is 24.1 Å². The lowest BCUT2D eigenvalue weighted by Gasteiger charge is -2.26. The smallest absolute Gasteiger partial charge is 0.108 e. The van der Waals surface area contributed by atoms with Crippen molar-refractivity contribution in [3.63, 3.8) is 0 Å². The highest BCUT2D eigenvalue weighted by Gasteiger charge is 2.23. The summed E-state index contributed by atoms with van der Waals surface area (Å²) in [5.74, 6) is 1.17. The number of rotatable bonds is 3. The van der Waals surface area contributed by atoms with Crippen molar-refractivity contribution in [2.24, 2.45) is 0 Å². The number of hydrogen-bond acceptors (Lipinski definition) is 2. The molecule has 0 amide bonds. The molecule has 1 aliphatic carbocycles. The predicted molar refractivity (Wildman–Crippen MR) is 77.1 cm³/mol. The van der Waals surface area contributed by atoms with E-state index in [-0.39, 0.29) is 0 Å². The molecule has 1 aliphatic rings. The molecular formula is C17H21NO. The summed E-state index contributed by atoms with van der Waals surface area (Å²) in [5, 5.41) is 3.74. The lowest BCUT2D eigenvalue weighted by Crippen LogP contribution is -2.27. The van der Waals surface area contributed by atoms with Crippen molar-refractivity contribution in [3.05, 3.63) is 59.0 Å². The maximum atomic E-state index is 5.55. The molecule has 19 heavy (non-hydrogen) atoms. The number of benzene rings is 1. The Balaban J connectivity index is 1.76. The zero-order chi connectivity index (χ0) is 13.2. The van der Waals surface area contributed by atoms with Crippen LogP contribution in [0.3, 0.4) is 0 Å². The molecule has 0 spiro atoms. The molecule has 2 heteroatoms. The van der Waals surface area contributed by atoms with Crippen LogP contribution in [-0.2, 0) is 6.42 Å². The van der Waals surface area contributed by atoms with Gasteiger partial charge in [-0.25, -0.2) is 0 Å². The van der Waals surface area contributed by atoms with Crippen molar-refractivity contribution in [3.8, 4) is 0 Å². The van der Waals surface area contributed by atoms with E-state index in [1.807, 2.05) is 6.26 Å². The van der Waals surface area contributed by atoms with Crippen LogP contribution < -0.4 is 5.32 Å². The van der Waals surface area contributed by atoms with Crippen molar-refractivity contribution in [2.45, 2.75) is 45.2 Å². The predicted octanol–water partition coefficient (Wildman–Crippen LogP) is 4.32. The summed E-state index contributed by atoms with van der Waals surface area (Å²) in [7, 11) is 0. The number of fused-ring (bicyclic) bond motifs is 1. The summed E-state index contributed by atoms with van der Waals surface area (Å²) in [4.78, 5) is 0. The second-order valence-corrected chi connectivity index (χ2v) is 5.55. The minimum Gasteiger partial charge on any atom is -0.469 e. The van der Waals surface area contributed by atoms with E-state index < -0.39 is 0 Å². The van der Waals surface area contributed by atoms with Crippen LogP contribution in [0.2, 0.25) is 0 Å². The zero-order valence-electron chi connectivity index (χ0n) is 11.6. The SMILES string of the molecule is Cc1cccc([C@H](C)NC2CCCc3occc32)c1. The first kappa shape index (κ1) is 12.5. The molecular weight excluding hydrogens is 234 g/mol. The molecule has 0 bridgehead atoms. The van der Waals surface area contributed by atoms with Gasteiger partial charge in [-0.2, -0.15) is 0 Å². The Morgan fingerprint density at radius 2 is 2.21 bits per heavy atom. The largest absolute Gasteiger partial charge is 0.469 e. The van der Waals surface area contributed by atoms with E-state index in [2.05, 4.69) is 49.5 Å². The third kappa shape index (κ3) is 2.59. The van der Waals surface area contributed by atoms with Crippen molar-refractivity contribution in [1.82, 2.24) is 5.32 Å². The van der Waals surface area contributed by atoms with Crippen molar-refractivity contribution in [2.75, 3.05) is 0 Å². The Bertz CT molecular complexity index is 558. The highest BCUT2D eigenvalue weighted by Crippen LogP contribution is 2.32. The van der Waals surface area contributed by atoms with Gasteiger partial charge in [-0.05, 0) is 38.3 Å². The molecule has 0 saturated heterocycles. The van der Waals surface area contributed by atoms with Gasteiger partial charge in [0.2, 0.25) is 0 Å². The fourth-order valence-electron chi connectivity index (χ4n) is 3.00. The Labute approximate surface area is 114 Å². The topological polar surface area (TPSA) is 25.2 Å². The zero-order valence-corrected chi connectivity index (χ0v) is 11.6. The number of furan rings is 1. The van der Waals surface area contributed by atoms with E-state index in [1.54, 1.807) is 0 Å². The Morgan fingerprint density at radius 3 is 3.05 bits per heavy atom. The van der Waals surface area contributed by atoms with Crippen LogP contribution in [0.4, 0.5) is 0 Å². The van der Waals surface area contributed by atoms with Gasteiger partial charge < -0.3 is 9.73 Å². The molecule has 1 N–H and O–H groups in total. The van der Waals surface area contributed by atoms with E-state index in [4.69, 9.17) is 4.42 Å². The molecule has 1 unspecified atom stereocenters. The monoisotopic (exact) mass is 255 g/mol. The molecule has 0 radical (unpaired) electrons. The minimum atomic E-state index is 0.366. The summed E-state index contributed by atoms with van der Waals surface area (Å²) in [6.45, 7) is 4.38. The second-order valence-electron chi connectivity index (χ2n) is 5.55. The second kappa shape index (κ2) is 5.22. The Morgan fingerprint density at radius 1 is 1.32 bits per heavy atom. The summed E-state index contributed by atoms with van der Waals surface area (Å²) in [6.07, 6.45) is 5.31. The fourth-order valence-corrected chi connectivity index (χ4v) is 3.00. The maximum absolute atomic E-state index is 5.55. The van der Waals surface area contributed by atoms with E-state index >= 15 is 0 Å². The van der Waals surface area contributed by atoms with Crippen molar-refractivity contribution >= 4 is 0 Å². The Hall–Kier alpha value is -1.54. The fraction of sp³-hybridized carbons (Fsp3) is 0.412. The van der Waals surface area contributed by atoms with Crippen molar-refractivity contribution in [1.29, 1.82) is 0 Å². The molecule has 1 aromatic carbocycles.